The summed E-state index contributed by atoms with van der Waals surface area (Å²) >= 11 is 0. The fraction of sp³-hybridized carbons (Fsp3) is 0.342. The lowest BCUT2D eigenvalue weighted by atomic mass is 10.0. The van der Waals surface area contributed by atoms with Gasteiger partial charge in [0.2, 0.25) is 0 Å². The van der Waals surface area contributed by atoms with Crippen molar-refractivity contribution in [1.82, 2.24) is 9.80 Å². The first-order valence-corrected chi connectivity index (χ1v) is 17.7. The van der Waals surface area contributed by atoms with E-state index in [1.54, 1.807) is 21.3 Å². The number of hydrogen-bond donors (Lipinski definition) is 0. The number of hydrogen-bond acceptors (Lipinski definition) is 5. The van der Waals surface area contributed by atoms with E-state index in [0.29, 0.717) is 31.6 Å². The number of amides is 1. The zero-order valence-corrected chi connectivity index (χ0v) is 27.7. The van der Waals surface area contributed by atoms with Gasteiger partial charge < -0.3 is 9.64 Å². The van der Waals surface area contributed by atoms with Gasteiger partial charge in [-0.1, -0.05) is 104 Å². The minimum absolute atomic E-state index is 0.00988. The Kier molecular flexibility index (Phi) is 11.5. The van der Waals surface area contributed by atoms with Gasteiger partial charge in [0.25, 0.3) is 10.0 Å². The highest BCUT2D eigenvalue weighted by atomic mass is 32.2. The summed E-state index contributed by atoms with van der Waals surface area (Å²) in [5.74, 6) is 0. The van der Waals surface area contributed by atoms with Crippen LogP contribution in [0.4, 0.5) is 10.5 Å². The lowest BCUT2D eigenvalue weighted by Crippen LogP contribution is -2.49. The number of benzene rings is 4. The minimum Gasteiger partial charge on any atom is -0.448 e. The molecule has 4 aromatic rings. The van der Waals surface area contributed by atoms with Crippen molar-refractivity contribution in [2.24, 2.45) is 0 Å². The van der Waals surface area contributed by atoms with Gasteiger partial charge in [-0.25, -0.2) is 13.2 Å². The van der Waals surface area contributed by atoms with Crippen LogP contribution in [0.15, 0.2) is 120 Å². The molecule has 4 aromatic carbocycles. The van der Waals surface area contributed by atoms with Crippen molar-refractivity contribution in [3.8, 4) is 0 Å². The Morgan fingerprint density at radius 2 is 1.30 bits per heavy atom. The summed E-state index contributed by atoms with van der Waals surface area (Å²) in [4.78, 5) is 17.6. The molecule has 1 atom stereocenters. The molecule has 7 nitrogen and oxygen atoms in total. The number of anilines is 1. The fourth-order valence-corrected chi connectivity index (χ4v) is 7.74. The van der Waals surface area contributed by atoms with Gasteiger partial charge >= 0.3 is 6.09 Å². The van der Waals surface area contributed by atoms with E-state index in [-0.39, 0.29) is 29.7 Å². The number of rotatable bonds is 13. The summed E-state index contributed by atoms with van der Waals surface area (Å²) in [5.41, 5.74) is 4.16. The molecule has 1 saturated heterocycles. The van der Waals surface area contributed by atoms with Crippen LogP contribution in [0.5, 0.6) is 0 Å². The monoisotopic (exact) mass is 639 g/mol. The van der Waals surface area contributed by atoms with E-state index in [1.165, 1.54) is 11.1 Å². The molecule has 242 valence electrons. The number of nitrogens with zero attached hydrogens (tertiary/aromatic N) is 3. The Bertz CT molecular complexity index is 1570. The van der Waals surface area contributed by atoms with Crippen molar-refractivity contribution in [3.63, 3.8) is 0 Å². The molecule has 1 aliphatic heterocycles. The number of sulfonamides is 1. The maximum absolute atomic E-state index is 14.0. The first kappa shape index (κ1) is 33.2. The highest BCUT2D eigenvalue weighted by molar-refractivity contribution is 7.92. The van der Waals surface area contributed by atoms with Gasteiger partial charge in [-0.2, -0.15) is 0 Å². The lowest BCUT2D eigenvalue weighted by Gasteiger charge is -2.38. The van der Waals surface area contributed by atoms with Gasteiger partial charge in [0, 0.05) is 38.3 Å². The summed E-state index contributed by atoms with van der Waals surface area (Å²) in [7, 11) is -3.81. The lowest BCUT2D eigenvalue weighted by molar-refractivity contribution is 0.0592. The second-order valence-corrected chi connectivity index (χ2v) is 13.9. The van der Waals surface area contributed by atoms with Crippen LogP contribution in [-0.4, -0.2) is 56.1 Å². The van der Waals surface area contributed by atoms with Gasteiger partial charge in [0.15, 0.2) is 0 Å². The molecular formula is C38H45N3O4S. The first-order chi connectivity index (χ1) is 22.3. The van der Waals surface area contributed by atoms with Crippen molar-refractivity contribution in [1.29, 1.82) is 0 Å². The van der Waals surface area contributed by atoms with E-state index < -0.39 is 10.0 Å². The third-order valence-electron chi connectivity index (χ3n) is 8.61. The zero-order valence-electron chi connectivity index (χ0n) is 26.9. The predicted octanol–water partition coefficient (Wildman–Crippen LogP) is 7.53. The normalized spacial score (nSPS) is 14.6. The van der Waals surface area contributed by atoms with Crippen LogP contribution in [-0.2, 0) is 34.3 Å². The molecule has 0 aromatic heterocycles. The Balaban J connectivity index is 1.22. The molecule has 46 heavy (non-hydrogen) atoms. The average molecular weight is 640 g/mol. The van der Waals surface area contributed by atoms with E-state index >= 15 is 0 Å². The van der Waals surface area contributed by atoms with Crippen molar-refractivity contribution in [2.45, 2.75) is 69.6 Å². The molecule has 0 spiro atoms. The Morgan fingerprint density at radius 3 is 1.83 bits per heavy atom. The third kappa shape index (κ3) is 8.56. The van der Waals surface area contributed by atoms with Gasteiger partial charge in [-0.15, -0.1) is 0 Å². The van der Waals surface area contributed by atoms with Gasteiger partial charge in [0.1, 0.15) is 6.61 Å². The maximum Gasteiger partial charge on any atom is 0.409 e. The summed E-state index contributed by atoms with van der Waals surface area (Å²) in [5, 5.41) is 0. The molecule has 8 heteroatoms. The topological polar surface area (TPSA) is 70.2 Å². The van der Waals surface area contributed by atoms with Crippen LogP contribution in [0.1, 0.15) is 49.8 Å². The number of aryl methyl sites for hydroxylation is 1. The predicted molar refractivity (Wildman–Crippen MR) is 184 cm³/mol. The Morgan fingerprint density at radius 1 is 0.783 bits per heavy atom. The van der Waals surface area contributed by atoms with Gasteiger partial charge in [-0.05, 0) is 67.1 Å². The van der Waals surface area contributed by atoms with E-state index in [9.17, 15) is 13.2 Å². The summed E-state index contributed by atoms with van der Waals surface area (Å²) < 4.78 is 35.5. The van der Waals surface area contributed by atoms with Crippen LogP contribution in [0, 0.1) is 0 Å². The van der Waals surface area contributed by atoms with Crippen molar-refractivity contribution in [3.05, 3.63) is 132 Å². The number of para-hydroxylation sites is 1. The molecular weight excluding hydrogens is 595 g/mol. The largest absolute Gasteiger partial charge is 0.448 e. The molecule has 1 heterocycles. The van der Waals surface area contributed by atoms with E-state index in [2.05, 4.69) is 43.0 Å². The SMILES string of the molecule is CCCc1ccc(S(=O)(=O)N(c2ccccc2)C2CCN(C(=O)OC[C@H](C)N(Cc3ccccc3)Cc3ccccc3)CC2)cc1. The average Bonchev–Trinajstić information content (AvgIpc) is 3.09. The van der Waals surface area contributed by atoms with Crippen LogP contribution < -0.4 is 4.31 Å². The molecule has 0 radical (unpaired) electrons. The van der Waals surface area contributed by atoms with Crippen molar-refractivity contribution < 1.29 is 17.9 Å². The minimum atomic E-state index is -3.81. The van der Waals surface area contributed by atoms with E-state index in [0.717, 1.165) is 31.5 Å². The van der Waals surface area contributed by atoms with E-state index in [1.807, 2.05) is 78.9 Å². The van der Waals surface area contributed by atoms with Gasteiger partial charge in [-0.3, -0.25) is 9.21 Å². The molecule has 5 rings (SSSR count). The van der Waals surface area contributed by atoms with Crippen LogP contribution in [0.2, 0.25) is 0 Å². The van der Waals surface area contributed by atoms with Crippen molar-refractivity contribution >= 4 is 21.8 Å². The number of ether oxygens (including phenoxy) is 1. The quantitative estimate of drug-likeness (QED) is 0.151. The molecule has 1 aliphatic rings. The summed E-state index contributed by atoms with van der Waals surface area (Å²) in [6, 6.07) is 36.8. The highest BCUT2D eigenvalue weighted by Crippen LogP contribution is 2.31. The maximum atomic E-state index is 14.0. The Hall–Kier alpha value is -4.14. The number of piperidine rings is 1. The first-order valence-electron chi connectivity index (χ1n) is 16.3. The summed E-state index contributed by atoms with van der Waals surface area (Å²) in [6.45, 7) is 6.78. The molecule has 1 amide bonds. The standard InChI is InChI=1S/C38H45N3O4S/c1-3-13-32-20-22-37(23-21-32)46(43,44)41(35-18-11-6-12-19-35)36-24-26-39(27-25-36)38(42)45-30-31(2)40(28-33-14-7-4-8-15-33)29-34-16-9-5-10-17-34/h4-12,14-23,31,36H,3,13,24-30H2,1-2H3/t31-/m0/s1. The van der Waals surface area contributed by atoms with Crippen LogP contribution in [0.25, 0.3) is 0 Å². The molecule has 0 saturated carbocycles. The van der Waals surface area contributed by atoms with Gasteiger partial charge in [0.05, 0.1) is 10.6 Å². The number of carbonyl (C=O) groups excluding carboxylic acids is 1. The highest BCUT2D eigenvalue weighted by Gasteiger charge is 2.35. The van der Waals surface area contributed by atoms with Crippen LogP contribution in [0.3, 0.4) is 0 Å². The van der Waals surface area contributed by atoms with Crippen LogP contribution >= 0.6 is 0 Å². The zero-order chi connectivity index (χ0) is 32.4. The second-order valence-electron chi connectivity index (χ2n) is 12.1. The van der Waals surface area contributed by atoms with E-state index in [4.69, 9.17) is 4.74 Å². The molecule has 0 bridgehead atoms. The molecule has 0 N–H and O–H groups in total. The smallest absolute Gasteiger partial charge is 0.409 e. The number of carbonyl (C=O) groups is 1. The molecule has 0 aliphatic carbocycles. The molecule has 1 fully saturated rings. The Labute approximate surface area is 274 Å². The third-order valence-corrected chi connectivity index (χ3v) is 10.5. The number of likely N-dealkylation sites (tertiary alicyclic amines) is 1. The summed E-state index contributed by atoms with van der Waals surface area (Å²) in [6.07, 6.45) is 2.59. The van der Waals surface area contributed by atoms with Crippen molar-refractivity contribution in [2.75, 3.05) is 24.0 Å². The second kappa shape index (κ2) is 15.9. The molecule has 0 unspecified atom stereocenters. The fourth-order valence-electron chi connectivity index (χ4n) is 6.03.